The van der Waals surface area contributed by atoms with Crippen molar-refractivity contribution >= 4 is 45.8 Å². The number of amides is 4. The van der Waals surface area contributed by atoms with E-state index >= 15 is 0 Å². The second kappa shape index (κ2) is 19.9. The van der Waals surface area contributed by atoms with Gasteiger partial charge in [0.05, 0.1) is 55.8 Å². The minimum atomic E-state index is -0.802. The lowest BCUT2D eigenvalue weighted by Crippen LogP contribution is -2.53. The number of imidazole rings is 2. The summed E-state index contributed by atoms with van der Waals surface area (Å²) in [7, 11) is 4.19. The molecular formula is C47H62N8O8. The average Bonchev–Trinajstić information content (AvgIpc) is 3.95. The predicted octanol–water partition coefficient (Wildman–Crippen LogP) is 7.90. The van der Waals surface area contributed by atoms with Crippen LogP contribution in [0.2, 0.25) is 0 Å². The fraction of sp³-hybridized carbons (Fsp3) is 0.489. The summed E-state index contributed by atoms with van der Waals surface area (Å²) in [5, 5.41) is 7.32. The van der Waals surface area contributed by atoms with E-state index in [2.05, 4.69) is 50.9 Å². The number of nitrogens with one attached hydrogen (secondary N) is 4. The molecule has 338 valence electrons. The maximum atomic E-state index is 14.2. The van der Waals surface area contributed by atoms with E-state index < -0.39 is 30.3 Å². The molecule has 1 aliphatic heterocycles. The minimum absolute atomic E-state index is 0.0152. The van der Waals surface area contributed by atoms with Crippen LogP contribution in [0.25, 0.3) is 44.2 Å². The lowest BCUT2D eigenvalue weighted by Gasteiger charge is -2.34. The summed E-state index contributed by atoms with van der Waals surface area (Å²) in [6.45, 7) is 17.1. The predicted molar refractivity (Wildman–Crippen MR) is 241 cm³/mol. The summed E-state index contributed by atoms with van der Waals surface area (Å²) in [5.41, 5.74) is 6.37. The Balaban J connectivity index is 1.28. The molecule has 3 aromatic carbocycles. The standard InChI is InChI=1S/C47H62N8O8/c1-12-37(54(13-2)44(56)39(25(3)4)52-46(58)61-10)43-48-21-36(50-43)30-14-16-32-31(18-30)24-63-38-20-33-29(19-34(32)38)15-17-35-41(33)51-42(49-35)28(8)55(22-27(7)23-60-9)45(57)40(26(5)6)53-47(59)62-11/h14-21,25-28,37,39-40H,12-13,22-24H2,1-11H3,(H,48,50)(H,49,51)(H,52,58)(H,53,59)/t27-,28-,37-,39-,40-/m0/s1. The first-order valence-corrected chi connectivity index (χ1v) is 21.7. The Morgan fingerprint density at radius 2 is 1.48 bits per heavy atom. The van der Waals surface area contributed by atoms with Gasteiger partial charge in [0.15, 0.2) is 0 Å². The van der Waals surface area contributed by atoms with Crippen molar-refractivity contribution in [1.29, 1.82) is 0 Å². The van der Waals surface area contributed by atoms with Crippen molar-refractivity contribution < 1.29 is 38.1 Å². The van der Waals surface area contributed by atoms with Crippen LogP contribution in [0.4, 0.5) is 9.59 Å². The molecule has 2 aromatic heterocycles. The van der Waals surface area contributed by atoms with Gasteiger partial charge in [0, 0.05) is 31.1 Å². The zero-order valence-corrected chi connectivity index (χ0v) is 38.3. The van der Waals surface area contributed by atoms with Crippen LogP contribution in [0.5, 0.6) is 5.75 Å². The highest BCUT2D eigenvalue weighted by atomic mass is 16.5. The number of ether oxygens (including phenoxy) is 4. The maximum absolute atomic E-state index is 14.2. The van der Waals surface area contributed by atoms with Gasteiger partial charge in [0.2, 0.25) is 11.8 Å². The molecule has 3 heterocycles. The topological polar surface area (TPSA) is 193 Å². The van der Waals surface area contributed by atoms with Crippen molar-refractivity contribution in [2.45, 2.75) is 92.6 Å². The Bertz CT molecular complexity index is 2440. The molecule has 16 heteroatoms. The quantitative estimate of drug-likeness (QED) is 0.0714. The number of benzene rings is 3. The second-order valence-corrected chi connectivity index (χ2v) is 17.0. The lowest BCUT2D eigenvalue weighted by atomic mass is 9.92. The van der Waals surface area contributed by atoms with Gasteiger partial charge in [-0.3, -0.25) is 9.59 Å². The Morgan fingerprint density at radius 1 is 0.810 bits per heavy atom. The van der Waals surface area contributed by atoms with Gasteiger partial charge in [-0.1, -0.05) is 59.7 Å². The number of hydrogen-bond acceptors (Lipinski definition) is 10. The largest absolute Gasteiger partial charge is 0.488 e. The van der Waals surface area contributed by atoms with Crippen molar-refractivity contribution in [3.05, 3.63) is 65.9 Å². The zero-order valence-electron chi connectivity index (χ0n) is 38.3. The number of H-pyrrole nitrogens is 2. The highest BCUT2D eigenvalue weighted by molar-refractivity contribution is 6.07. The molecule has 0 saturated carbocycles. The summed E-state index contributed by atoms with van der Waals surface area (Å²) < 4.78 is 21.5. The summed E-state index contributed by atoms with van der Waals surface area (Å²) in [5.74, 6) is 1.25. The normalized spacial score (nSPS) is 14.6. The highest BCUT2D eigenvalue weighted by Gasteiger charge is 2.35. The van der Waals surface area contributed by atoms with Crippen molar-refractivity contribution in [1.82, 2.24) is 40.4 Å². The molecule has 0 radical (unpaired) electrons. The molecule has 0 unspecified atom stereocenters. The van der Waals surface area contributed by atoms with Gasteiger partial charge in [-0.15, -0.1) is 0 Å². The number of carbonyl (C=O) groups is 4. The zero-order chi connectivity index (χ0) is 45.7. The van der Waals surface area contributed by atoms with Gasteiger partial charge in [-0.05, 0) is 84.4 Å². The van der Waals surface area contributed by atoms with E-state index in [0.717, 1.165) is 55.5 Å². The number of rotatable bonds is 17. The van der Waals surface area contributed by atoms with Gasteiger partial charge in [0.1, 0.15) is 36.1 Å². The molecule has 1 aliphatic rings. The van der Waals surface area contributed by atoms with Crippen LogP contribution in [0.15, 0.2) is 48.7 Å². The number of fused-ring (bicyclic) bond motifs is 6. The lowest BCUT2D eigenvalue weighted by molar-refractivity contribution is -0.138. The molecule has 4 amide bonds. The van der Waals surface area contributed by atoms with Crippen molar-refractivity contribution in [2.24, 2.45) is 17.8 Å². The molecule has 0 saturated heterocycles. The average molecular weight is 867 g/mol. The van der Waals surface area contributed by atoms with Gasteiger partial charge >= 0.3 is 12.2 Å². The van der Waals surface area contributed by atoms with Crippen molar-refractivity contribution in [3.8, 4) is 28.1 Å². The van der Waals surface area contributed by atoms with E-state index in [1.807, 2.05) is 67.5 Å². The van der Waals surface area contributed by atoms with E-state index in [1.54, 1.807) is 23.1 Å². The van der Waals surface area contributed by atoms with Crippen LogP contribution < -0.4 is 15.4 Å². The first-order chi connectivity index (χ1) is 30.1. The molecular weight excluding hydrogens is 805 g/mol. The van der Waals surface area contributed by atoms with E-state index in [-0.39, 0.29) is 35.6 Å². The molecule has 16 nitrogen and oxygen atoms in total. The SMILES string of the molecule is CC[C@@H](c1ncc(-c2ccc3c(c2)COc2cc4c(ccc5[nH]c([C@H](C)N(C[C@H](C)COC)C(=O)[C@@H](NC(=O)OC)C(C)C)nc54)cc2-3)[nH]1)N(CC)C(=O)[C@@H](NC(=O)OC)C(C)C. The third-order valence-electron chi connectivity index (χ3n) is 11.9. The fourth-order valence-electron chi connectivity index (χ4n) is 8.43. The molecule has 0 spiro atoms. The summed E-state index contributed by atoms with van der Waals surface area (Å²) >= 11 is 0. The third-order valence-corrected chi connectivity index (χ3v) is 11.9. The van der Waals surface area contributed by atoms with Gasteiger partial charge in [-0.2, -0.15) is 0 Å². The number of methoxy groups -OCH3 is 3. The molecule has 0 bridgehead atoms. The van der Waals surface area contributed by atoms with Crippen LogP contribution in [0.1, 0.15) is 91.1 Å². The Labute approximate surface area is 368 Å². The molecule has 5 atom stereocenters. The van der Waals surface area contributed by atoms with Gasteiger partial charge in [0.25, 0.3) is 0 Å². The number of likely N-dealkylation sites (N-methyl/N-ethyl adjacent to an activating group) is 1. The molecule has 0 fully saturated rings. The van der Waals surface area contributed by atoms with Crippen LogP contribution in [-0.4, -0.2) is 107 Å². The van der Waals surface area contributed by atoms with E-state index in [0.29, 0.717) is 44.4 Å². The Morgan fingerprint density at radius 3 is 2.08 bits per heavy atom. The van der Waals surface area contributed by atoms with E-state index in [9.17, 15) is 19.2 Å². The molecule has 0 aliphatic carbocycles. The van der Waals surface area contributed by atoms with Gasteiger partial charge in [-0.25, -0.2) is 19.6 Å². The van der Waals surface area contributed by atoms with E-state index in [4.69, 9.17) is 28.9 Å². The number of aromatic nitrogens is 4. The number of carbonyl (C=O) groups excluding carboxylic acids is 4. The third kappa shape index (κ3) is 9.75. The number of aromatic amines is 2. The molecule has 6 rings (SSSR count). The number of nitrogens with zero attached hydrogens (tertiary/aromatic N) is 4. The van der Waals surface area contributed by atoms with Crippen molar-refractivity contribution in [2.75, 3.05) is 41.0 Å². The molecule has 4 N–H and O–H groups in total. The first kappa shape index (κ1) is 46.3. The van der Waals surface area contributed by atoms with Crippen LogP contribution in [0.3, 0.4) is 0 Å². The minimum Gasteiger partial charge on any atom is -0.488 e. The van der Waals surface area contributed by atoms with Crippen LogP contribution in [0, 0.1) is 17.8 Å². The van der Waals surface area contributed by atoms with Crippen LogP contribution in [-0.2, 0) is 30.4 Å². The number of hydrogen-bond donors (Lipinski definition) is 4. The Hall–Kier alpha value is -6.16. The van der Waals surface area contributed by atoms with Crippen molar-refractivity contribution in [3.63, 3.8) is 0 Å². The maximum Gasteiger partial charge on any atom is 0.407 e. The summed E-state index contributed by atoms with van der Waals surface area (Å²) in [6, 6.07) is 12.1. The Kier molecular flexibility index (Phi) is 14.6. The monoisotopic (exact) mass is 866 g/mol. The number of alkyl carbamates (subject to hydrolysis) is 2. The van der Waals surface area contributed by atoms with Crippen LogP contribution >= 0.6 is 0 Å². The summed E-state index contributed by atoms with van der Waals surface area (Å²) in [4.78, 5) is 72.6. The second-order valence-electron chi connectivity index (χ2n) is 17.0. The van der Waals surface area contributed by atoms with Gasteiger partial charge < -0.3 is 49.3 Å². The first-order valence-electron chi connectivity index (χ1n) is 21.7. The fourth-order valence-corrected chi connectivity index (χ4v) is 8.43. The molecule has 63 heavy (non-hydrogen) atoms. The summed E-state index contributed by atoms with van der Waals surface area (Å²) in [6.07, 6.45) is 1.09. The highest BCUT2D eigenvalue weighted by Crippen LogP contribution is 2.43. The molecule has 5 aromatic rings. The van der Waals surface area contributed by atoms with E-state index in [1.165, 1.54) is 14.2 Å². The smallest absolute Gasteiger partial charge is 0.407 e.